The maximum atomic E-state index is 13.0. The standard InChI is InChI=1S/C15H13BrN2O6S/c1-10(15(19)20)17(12-8-6-11(16)7-9-12)25(23,24)14-5-3-2-4-13(14)18(21)22/h2-10H,1H3,(H,19,20). The number of hydrogen-bond donors (Lipinski definition) is 1. The number of carbonyl (C=O) groups is 1. The Morgan fingerprint density at radius 2 is 1.76 bits per heavy atom. The largest absolute Gasteiger partial charge is 0.480 e. The number of halogens is 1. The summed E-state index contributed by atoms with van der Waals surface area (Å²) in [5, 5.41) is 20.5. The van der Waals surface area contributed by atoms with Crippen LogP contribution < -0.4 is 4.31 Å². The summed E-state index contributed by atoms with van der Waals surface area (Å²) >= 11 is 3.21. The molecule has 0 radical (unpaired) electrons. The molecule has 0 heterocycles. The maximum absolute atomic E-state index is 13.0. The summed E-state index contributed by atoms with van der Waals surface area (Å²) in [5.74, 6) is -1.38. The Bertz CT molecular complexity index is 914. The third kappa shape index (κ3) is 3.80. The van der Waals surface area contributed by atoms with Crippen LogP contribution in [0.3, 0.4) is 0 Å². The summed E-state index contributed by atoms with van der Waals surface area (Å²) in [6, 6.07) is 9.26. The van der Waals surface area contributed by atoms with Gasteiger partial charge in [-0.3, -0.25) is 14.4 Å². The van der Waals surface area contributed by atoms with Gasteiger partial charge in [0.2, 0.25) is 0 Å². The number of carboxylic acid groups (broad SMARTS) is 1. The summed E-state index contributed by atoms with van der Waals surface area (Å²) < 4.78 is 27.4. The molecule has 2 rings (SSSR count). The zero-order valence-corrected chi connectivity index (χ0v) is 15.3. The lowest BCUT2D eigenvalue weighted by atomic mass is 10.2. The van der Waals surface area contributed by atoms with E-state index < -0.39 is 37.5 Å². The SMILES string of the molecule is CC(C(=O)O)N(c1ccc(Br)cc1)S(=O)(=O)c1ccccc1[N+](=O)[O-]. The predicted molar refractivity (Wildman–Crippen MR) is 94.0 cm³/mol. The average Bonchev–Trinajstić information content (AvgIpc) is 2.56. The second-order valence-corrected chi connectivity index (χ2v) is 7.72. The van der Waals surface area contributed by atoms with Crippen LogP contribution in [0.25, 0.3) is 0 Å². The number of nitro benzene ring substituents is 1. The van der Waals surface area contributed by atoms with E-state index in [1.807, 2.05) is 0 Å². The van der Waals surface area contributed by atoms with Crippen LogP contribution in [0, 0.1) is 10.1 Å². The Labute approximate surface area is 152 Å². The Balaban J connectivity index is 2.70. The molecule has 0 fully saturated rings. The summed E-state index contributed by atoms with van der Waals surface area (Å²) in [4.78, 5) is 21.2. The molecule has 10 heteroatoms. The van der Waals surface area contributed by atoms with Crippen LogP contribution in [0.1, 0.15) is 6.92 Å². The van der Waals surface area contributed by atoms with Crippen molar-refractivity contribution >= 4 is 43.3 Å². The molecule has 2 aromatic rings. The quantitative estimate of drug-likeness (QED) is 0.557. The molecule has 1 unspecified atom stereocenters. The van der Waals surface area contributed by atoms with E-state index in [4.69, 9.17) is 0 Å². The number of hydrogen-bond acceptors (Lipinski definition) is 5. The number of aliphatic carboxylic acids is 1. The summed E-state index contributed by atoms with van der Waals surface area (Å²) in [5.41, 5.74) is -0.543. The lowest BCUT2D eigenvalue weighted by Crippen LogP contribution is -2.43. The number of sulfonamides is 1. The van der Waals surface area contributed by atoms with E-state index in [-0.39, 0.29) is 5.69 Å². The first kappa shape index (κ1) is 18.9. The van der Waals surface area contributed by atoms with Crippen LogP contribution in [0.2, 0.25) is 0 Å². The fourth-order valence-corrected chi connectivity index (χ4v) is 4.23. The normalized spacial score (nSPS) is 12.4. The molecule has 132 valence electrons. The molecule has 0 saturated carbocycles. The minimum absolute atomic E-state index is 0.0799. The molecule has 0 spiro atoms. The molecular formula is C15H13BrN2O6S. The molecule has 1 N–H and O–H groups in total. The highest BCUT2D eigenvalue weighted by Crippen LogP contribution is 2.32. The van der Waals surface area contributed by atoms with Gasteiger partial charge < -0.3 is 5.11 Å². The van der Waals surface area contributed by atoms with Crippen molar-refractivity contribution in [1.82, 2.24) is 0 Å². The van der Waals surface area contributed by atoms with Crippen molar-refractivity contribution in [3.8, 4) is 0 Å². The van der Waals surface area contributed by atoms with Crippen molar-refractivity contribution in [2.24, 2.45) is 0 Å². The molecule has 0 saturated heterocycles. The van der Waals surface area contributed by atoms with Crippen molar-refractivity contribution in [1.29, 1.82) is 0 Å². The van der Waals surface area contributed by atoms with Crippen molar-refractivity contribution in [2.75, 3.05) is 4.31 Å². The van der Waals surface area contributed by atoms with Crippen LogP contribution in [0.5, 0.6) is 0 Å². The molecule has 0 aliphatic carbocycles. The first-order valence-electron chi connectivity index (χ1n) is 6.92. The average molecular weight is 429 g/mol. The van der Waals surface area contributed by atoms with Crippen LogP contribution in [-0.2, 0) is 14.8 Å². The van der Waals surface area contributed by atoms with E-state index in [1.165, 1.54) is 31.2 Å². The van der Waals surface area contributed by atoms with Gasteiger partial charge in [0.05, 0.1) is 10.6 Å². The van der Waals surface area contributed by atoms with E-state index in [9.17, 15) is 28.4 Å². The highest BCUT2D eigenvalue weighted by molar-refractivity contribution is 9.10. The van der Waals surface area contributed by atoms with Crippen molar-refractivity contribution in [3.05, 3.63) is 63.1 Å². The lowest BCUT2D eigenvalue weighted by molar-refractivity contribution is -0.387. The van der Waals surface area contributed by atoms with Gasteiger partial charge >= 0.3 is 5.97 Å². The summed E-state index contributed by atoms with van der Waals surface area (Å²) in [7, 11) is -4.49. The molecule has 0 bridgehead atoms. The van der Waals surface area contributed by atoms with Crippen LogP contribution >= 0.6 is 15.9 Å². The number of anilines is 1. The number of benzene rings is 2. The highest BCUT2D eigenvalue weighted by atomic mass is 79.9. The Morgan fingerprint density at radius 1 is 1.20 bits per heavy atom. The summed E-state index contributed by atoms with van der Waals surface area (Å²) in [6.45, 7) is 1.19. The Hall–Kier alpha value is -2.46. The molecule has 25 heavy (non-hydrogen) atoms. The second-order valence-electron chi connectivity index (χ2n) is 5.02. The van der Waals surface area contributed by atoms with E-state index in [1.54, 1.807) is 12.1 Å². The Kier molecular flexibility index (Phi) is 5.43. The van der Waals surface area contributed by atoms with Gasteiger partial charge in [-0.1, -0.05) is 28.1 Å². The Morgan fingerprint density at radius 3 is 2.28 bits per heavy atom. The minimum atomic E-state index is -4.49. The van der Waals surface area contributed by atoms with Gasteiger partial charge in [-0.25, -0.2) is 13.2 Å². The topological polar surface area (TPSA) is 118 Å². The van der Waals surface area contributed by atoms with Gasteiger partial charge in [0, 0.05) is 10.5 Å². The molecule has 0 aliphatic rings. The van der Waals surface area contributed by atoms with Gasteiger partial charge in [0.25, 0.3) is 15.7 Å². The minimum Gasteiger partial charge on any atom is -0.480 e. The predicted octanol–water partition coefficient (Wildman–Crippen LogP) is 3.03. The van der Waals surface area contributed by atoms with E-state index in [0.717, 1.165) is 12.1 Å². The van der Waals surface area contributed by atoms with E-state index >= 15 is 0 Å². The van der Waals surface area contributed by atoms with Gasteiger partial charge in [-0.15, -0.1) is 0 Å². The van der Waals surface area contributed by atoms with Crippen LogP contribution in [0.15, 0.2) is 57.9 Å². The van der Waals surface area contributed by atoms with Crippen LogP contribution in [0.4, 0.5) is 11.4 Å². The van der Waals surface area contributed by atoms with Crippen molar-refractivity contribution in [2.45, 2.75) is 17.9 Å². The third-order valence-electron chi connectivity index (χ3n) is 3.39. The number of nitrogens with zero attached hydrogens (tertiary/aromatic N) is 2. The van der Waals surface area contributed by atoms with Gasteiger partial charge in [0.15, 0.2) is 4.90 Å². The first-order chi connectivity index (χ1) is 11.7. The van der Waals surface area contributed by atoms with Gasteiger partial charge in [-0.05, 0) is 37.3 Å². The molecule has 0 aromatic heterocycles. The molecular weight excluding hydrogens is 416 g/mol. The fourth-order valence-electron chi connectivity index (χ4n) is 2.19. The third-order valence-corrected chi connectivity index (χ3v) is 5.86. The molecule has 2 aromatic carbocycles. The zero-order valence-electron chi connectivity index (χ0n) is 12.9. The molecule has 0 amide bonds. The van der Waals surface area contributed by atoms with Gasteiger partial charge in [-0.2, -0.15) is 0 Å². The maximum Gasteiger partial charge on any atom is 0.327 e. The summed E-state index contributed by atoms with van der Waals surface area (Å²) in [6.07, 6.45) is 0. The van der Waals surface area contributed by atoms with E-state index in [2.05, 4.69) is 15.9 Å². The first-order valence-corrected chi connectivity index (χ1v) is 9.16. The highest BCUT2D eigenvalue weighted by Gasteiger charge is 2.37. The molecule has 8 nitrogen and oxygen atoms in total. The van der Waals surface area contributed by atoms with E-state index in [0.29, 0.717) is 8.78 Å². The number of para-hydroxylation sites is 1. The van der Waals surface area contributed by atoms with Crippen molar-refractivity contribution in [3.63, 3.8) is 0 Å². The zero-order chi connectivity index (χ0) is 18.8. The number of rotatable bonds is 6. The number of nitro groups is 1. The van der Waals surface area contributed by atoms with Crippen molar-refractivity contribution < 1.29 is 23.2 Å². The lowest BCUT2D eigenvalue weighted by Gasteiger charge is -2.27. The van der Waals surface area contributed by atoms with Crippen LogP contribution in [-0.4, -0.2) is 30.5 Å². The fraction of sp³-hybridized carbons (Fsp3) is 0.133. The van der Waals surface area contributed by atoms with Gasteiger partial charge in [0.1, 0.15) is 6.04 Å². The number of carboxylic acids is 1. The molecule has 0 aliphatic heterocycles. The second kappa shape index (κ2) is 7.19. The smallest absolute Gasteiger partial charge is 0.327 e. The molecule has 1 atom stereocenters. The monoisotopic (exact) mass is 428 g/mol.